The minimum absolute atomic E-state index is 0.0427. The maximum atomic E-state index is 13.1. The van der Waals surface area contributed by atoms with E-state index in [0.717, 1.165) is 31.2 Å². The van der Waals surface area contributed by atoms with Crippen molar-refractivity contribution in [2.45, 2.75) is 17.9 Å². The summed E-state index contributed by atoms with van der Waals surface area (Å²) in [5.41, 5.74) is -0.702. The zero-order valence-corrected chi connectivity index (χ0v) is 16.6. The van der Waals surface area contributed by atoms with Crippen molar-refractivity contribution in [2.75, 3.05) is 4.31 Å². The van der Waals surface area contributed by atoms with Crippen LogP contribution in [0.2, 0.25) is 15.1 Å². The smallest absolute Gasteiger partial charge is 0.327 e. The second-order valence-corrected chi connectivity index (χ2v) is 8.32. The van der Waals surface area contributed by atoms with Gasteiger partial charge in [-0.25, -0.2) is 13.2 Å². The summed E-state index contributed by atoms with van der Waals surface area (Å²) in [6.45, 7) is 1.12. The molecule has 2 rings (SSSR count). The van der Waals surface area contributed by atoms with Gasteiger partial charge in [0.15, 0.2) is 0 Å². The van der Waals surface area contributed by atoms with Gasteiger partial charge in [-0.1, -0.05) is 40.9 Å². The van der Waals surface area contributed by atoms with E-state index in [2.05, 4.69) is 0 Å². The van der Waals surface area contributed by atoms with Gasteiger partial charge in [0.25, 0.3) is 15.7 Å². The van der Waals surface area contributed by atoms with Crippen molar-refractivity contribution in [2.24, 2.45) is 0 Å². The molecule has 2 aromatic carbocycles. The van der Waals surface area contributed by atoms with E-state index < -0.39 is 37.5 Å². The van der Waals surface area contributed by atoms with Crippen LogP contribution in [0.3, 0.4) is 0 Å². The highest BCUT2D eigenvalue weighted by Crippen LogP contribution is 2.38. The quantitative estimate of drug-likeness (QED) is 0.397. The van der Waals surface area contributed by atoms with E-state index in [9.17, 15) is 28.4 Å². The van der Waals surface area contributed by atoms with E-state index in [1.807, 2.05) is 0 Å². The average Bonchev–Trinajstić information content (AvgIpc) is 2.59. The second kappa shape index (κ2) is 7.89. The number of nitro groups is 1. The lowest BCUT2D eigenvalue weighted by Crippen LogP contribution is -2.43. The molecule has 144 valence electrons. The number of rotatable bonds is 6. The highest BCUT2D eigenvalue weighted by molar-refractivity contribution is 7.93. The highest BCUT2D eigenvalue weighted by Gasteiger charge is 2.35. The summed E-state index contributed by atoms with van der Waals surface area (Å²) < 4.78 is 26.7. The molecule has 8 nitrogen and oxygen atoms in total. The molecule has 1 unspecified atom stereocenters. The Labute approximate surface area is 169 Å². The van der Waals surface area contributed by atoms with Crippen molar-refractivity contribution < 1.29 is 23.2 Å². The van der Waals surface area contributed by atoms with Gasteiger partial charge in [0.1, 0.15) is 6.04 Å². The van der Waals surface area contributed by atoms with Gasteiger partial charge in [-0.15, -0.1) is 0 Å². The first-order valence-electron chi connectivity index (χ1n) is 7.13. The molecule has 0 heterocycles. The molecule has 2 aromatic rings. The van der Waals surface area contributed by atoms with Gasteiger partial charge in [0.05, 0.1) is 30.6 Å². The van der Waals surface area contributed by atoms with Crippen LogP contribution in [0.15, 0.2) is 41.3 Å². The molecule has 0 fully saturated rings. The molecule has 0 aliphatic heterocycles. The summed E-state index contributed by atoms with van der Waals surface area (Å²) in [5, 5.41) is 20.1. The Balaban J connectivity index is 2.75. The van der Waals surface area contributed by atoms with E-state index in [1.165, 1.54) is 12.1 Å². The number of carboxylic acids is 1. The molecule has 0 aliphatic rings. The fraction of sp³-hybridized carbons (Fsp3) is 0.133. The first kappa shape index (κ1) is 21.2. The lowest BCUT2D eigenvalue weighted by Gasteiger charge is -2.29. The van der Waals surface area contributed by atoms with Gasteiger partial charge in [0.2, 0.25) is 0 Å². The van der Waals surface area contributed by atoms with Crippen molar-refractivity contribution in [3.05, 3.63) is 61.6 Å². The molecule has 27 heavy (non-hydrogen) atoms. The van der Waals surface area contributed by atoms with Crippen molar-refractivity contribution in [1.29, 1.82) is 0 Å². The molecular weight excluding hydrogens is 443 g/mol. The summed E-state index contributed by atoms with van der Waals surface area (Å²) in [7, 11) is -4.54. The number of hydrogen-bond donors (Lipinski definition) is 1. The van der Waals surface area contributed by atoms with Crippen LogP contribution in [0.25, 0.3) is 0 Å². The highest BCUT2D eigenvalue weighted by atomic mass is 35.5. The third-order valence-corrected chi connectivity index (χ3v) is 6.43. The fourth-order valence-corrected chi connectivity index (χ4v) is 4.54. The van der Waals surface area contributed by atoms with Crippen LogP contribution in [0, 0.1) is 10.1 Å². The number of anilines is 1. The maximum absolute atomic E-state index is 13.1. The minimum Gasteiger partial charge on any atom is -0.480 e. The number of aliphatic carboxylic acids is 1. The Morgan fingerprint density at radius 1 is 1.15 bits per heavy atom. The molecule has 0 bridgehead atoms. The van der Waals surface area contributed by atoms with Crippen LogP contribution in [0.1, 0.15) is 6.92 Å². The lowest BCUT2D eigenvalue weighted by molar-refractivity contribution is -0.385. The first-order chi connectivity index (χ1) is 12.5. The molecule has 0 aromatic heterocycles. The van der Waals surface area contributed by atoms with Gasteiger partial charge in [0, 0.05) is 12.1 Å². The van der Waals surface area contributed by atoms with Gasteiger partial charge in [-0.05, 0) is 25.1 Å². The molecular formula is C15H11Cl3N2O6S. The monoisotopic (exact) mass is 452 g/mol. The standard InChI is InChI=1S/C15H11Cl3N2O6S/c1-8(15(21)22)19(14-7-12(17)11(16)6-13(14)18)27(25,26)10-4-2-3-9(5-10)20(23)24/h2-8H,1H3,(H,21,22). The van der Waals surface area contributed by atoms with E-state index in [-0.39, 0.29) is 20.8 Å². The summed E-state index contributed by atoms with van der Waals surface area (Å²) >= 11 is 17.8. The number of nitro benzene ring substituents is 1. The molecule has 1 atom stereocenters. The van der Waals surface area contributed by atoms with Gasteiger partial charge < -0.3 is 5.11 Å². The van der Waals surface area contributed by atoms with Crippen LogP contribution in [-0.4, -0.2) is 30.5 Å². The fourth-order valence-electron chi connectivity index (χ4n) is 2.20. The third kappa shape index (κ3) is 4.27. The SMILES string of the molecule is CC(C(=O)O)N(c1cc(Cl)c(Cl)cc1Cl)S(=O)(=O)c1cccc([N+](=O)[O-])c1. The Morgan fingerprint density at radius 2 is 1.74 bits per heavy atom. The Morgan fingerprint density at radius 3 is 2.30 bits per heavy atom. The summed E-state index contributed by atoms with van der Waals surface area (Å²) in [6, 6.07) is 4.90. The molecule has 0 aliphatic carbocycles. The van der Waals surface area contributed by atoms with E-state index in [0.29, 0.717) is 4.31 Å². The first-order valence-corrected chi connectivity index (χ1v) is 9.70. The van der Waals surface area contributed by atoms with Crippen molar-refractivity contribution in [3.63, 3.8) is 0 Å². The van der Waals surface area contributed by atoms with Crippen molar-refractivity contribution >= 4 is 62.2 Å². The van der Waals surface area contributed by atoms with Crippen LogP contribution >= 0.6 is 34.8 Å². The van der Waals surface area contributed by atoms with Gasteiger partial charge >= 0.3 is 5.97 Å². The number of nitrogens with zero attached hydrogens (tertiary/aromatic N) is 2. The van der Waals surface area contributed by atoms with E-state index in [4.69, 9.17) is 34.8 Å². The van der Waals surface area contributed by atoms with Crippen LogP contribution in [-0.2, 0) is 14.8 Å². The number of sulfonamides is 1. The largest absolute Gasteiger partial charge is 0.480 e. The van der Waals surface area contributed by atoms with Gasteiger partial charge in [-0.3, -0.25) is 14.4 Å². The molecule has 0 saturated heterocycles. The third-order valence-electron chi connectivity index (χ3n) is 3.52. The maximum Gasteiger partial charge on any atom is 0.327 e. The molecule has 0 amide bonds. The number of non-ortho nitro benzene ring substituents is 1. The molecule has 0 radical (unpaired) electrons. The van der Waals surface area contributed by atoms with Crippen LogP contribution in [0.4, 0.5) is 11.4 Å². The Kier molecular flexibility index (Phi) is 6.21. The number of carboxylic acid groups (broad SMARTS) is 1. The summed E-state index contributed by atoms with van der Waals surface area (Å²) in [6.07, 6.45) is 0. The predicted octanol–water partition coefficient (Wildman–Crippen LogP) is 4.22. The number of halogens is 3. The normalized spacial score (nSPS) is 12.4. The zero-order chi connectivity index (χ0) is 20.5. The zero-order valence-electron chi connectivity index (χ0n) is 13.5. The van der Waals surface area contributed by atoms with E-state index >= 15 is 0 Å². The van der Waals surface area contributed by atoms with Gasteiger partial charge in [-0.2, -0.15) is 0 Å². The number of benzene rings is 2. The predicted molar refractivity (Wildman–Crippen MR) is 101 cm³/mol. The minimum atomic E-state index is -4.54. The van der Waals surface area contributed by atoms with Crippen LogP contribution < -0.4 is 4.31 Å². The lowest BCUT2D eigenvalue weighted by atomic mass is 10.2. The molecule has 12 heteroatoms. The number of hydrogen-bond acceptors (Lipinski definition) is 5. The number of carbonyl (C=O) groups is 1. The van der Waals surface area contributed by atoms with Crippen molar-refractivity contribution in [3.8, 4) is 0 Å². The Bertz CT molecular complexity index is 1030. The van der Waals surface area contributed by atoms with E-state index in [1.54, 1.807) is 0 Å². The van der Waals surface area contributed by atoms with Crippen molar-refractivity contribution in [1.82, 2.24) is 0 Å². The summed E-state index contributed by atoms with van der Waals surface area (Å²) in [4.78, 5) is 21.2. The second-order valence-electron chi connectivity index (χ2n) is 5.29. The molecule has 0 saturated carbocycles. The average molecular weight is 454 g/mol. The molecule has 0 spiro atoms. The topological polar surface area (TPSA) is 118 Å². The Hall–Kier alpha value is -2.07. The summed E-state index contributed by atoms with van der Waals surface area (Å²) in [5.74, 6) is -1.47. The van der Waals surface area contributed by atoms with Crippen LogP contribution in [0.5, 0.6) is 0 Å². The molecule has 1 N–H and O–H groups in total.